The van der Waals surface area contributed by atoms with Crippen LogP contribution in [0.2, 0.25) is 0 Å². The Labute approximate surface area is 169 Å². The number of anilines is 1. The first-order valence-corrected chi connectivity index (χ1v) is 9.28. The number of carbonyl (C=O) groups excluding carboxylic acids is 1. The molecule has 0 unspecified atom stereocenters. The first kappa shape index (κ1) is 20.1. The van der Waals surface area contributed by atoms with Crippen LogP contribution in [0.25, 0.3) is 0 Å². The van der Waals surface area contributed by atoms with E-state index in [-0.39, 0.29) is 35.1 Å². The number of methoxy groups -OCH3 is 1. The highest BCUT2D eigenvalue weighted by atomic mass is 32.2. The van der Waals surface area contributed by atoms with Crippen molar-refractivity contribution in [3.63, 3.8) is 0 Å². The predicted molar refractivity (Wildman–Crippen MR) is 104 cm³/mol. The summed E-state index contributed by atoms with van der Waals surface area (Å²) in [5, 5.41) is 21.3. The standard InChI is InChI=1S/C18H16N4O6S/c1-26-14-5-7-15(8-6-14)27-10-17-20-21-18(28-17)29-11-16(23)19-12-3-2-4-13(9-12)22(24)25/h2-9H,10-11H2,1H3,(H,19,23). The second-order valence-corrected chi connectivity index (χ2v) is 6.50. The Morgan fingerprint density at radius 2 is 1.97 bits per heavy atom. The number of ether oxygens (including phenoxy) is 2. The van der Waals surface area contributed by atoms with Crippen LogP contribution in [0.3, 0.4) is 0 Å². The SMILES string of the molecule is COc1ccc(OCc2nnc(SCC(=O)Nc3cccc([N+](=O)[O-])c3)o2)cc1. The molecule has 0 saturated heterocycles. The van der Waals surface area contributed by atoms with Gasteiger partial charge < -0.3 is 19.2 Å². The van der Waals surface area contributed by atoms with Gasteiger partial charge in [-0.2, -0.15) is 0 Å². The molecule has 1 heterocycles. The molecule has 1 N–H and O–H groups in total. The Morgan fingerprint density at radius 3 is 2.69 bits per heavy atom. The van der Waals surface area contributed by atoms with Gasteiger partial charge in [0.1, 0.15) is 11.5 Å². The van der Waals surface area contributed by atoms with Crippen molar-refractivity contribution < 1.29 is 23.6 Å². The van der Waals surface area contributed by atoms with Gasteiger partial charge in [0.15, 0.2) is 6.61 Å². The highest BCUT2D eigenvalue weighted by Crippen LogP contribution is 2.21. The zero-order valence-corrected chi connectivity index (χ0v) is 16.0. The van der Waals surface area contributed by atoms with Crippen molar-refractivity contribution in [3.8, 4) is 11.5 Å². The van der Waals surface area contributed by atoms with E-state index in [1.54, 1.807) is 37.4 Å². The molecule has 0 fully saturated rings. The fourth-order valence-corrected chi connectivity index (χ4v) is 2.77. The van der Waals surface area contributed by atoms with Crippen LogP contribution in [-0.2, 0) is 11.4 Å². The zero-order chi connectivity index (χ0) is 20.6. The van der Waals surface area contributed by atoms with Crippen molar-refractivity contribution in [1.29, 1.82) is 0 Å². The van der Waals surface area contributed by atoms with Crippen molar-refractivity contribution in [2.45, 2.75) is 11.8 Å². The van der Waals surface area contributed by atoms with E-state index in [2.05, 4.69) is 15.5 Å². The number of non-ortho nitro benzene ring substituents is 1. The number of rotatable bonds is 9. The maximum absolute atomic E-state index is 12.0. The summed E-state index contributed by atoms with van der Waals surface area (Å²) in [6.07, 6.45) is 0. The van der Waals surface area contributed by atoms with E-state index in [9.17, 15) is 14.9 Å². The van der Waals surface area contributed by atoms with Crippen molar-refractivity contribution in [2.24, 2.45) is 0 Å². The fraction of sp³-hybridized carbons (Fsp3) is 0.167. The smallest absolute Gasteiger partial charge is 0.277 e. The number of nitro benzene ring substituents is 1. The summed E-state index contributed by atoms with van der Waals surface area (Å²) >= 11 is 1.05. The van der Waals surface area contributed by atoms with Crippen LogP contribution in [0.5, 0.6) is 11.5 Å². The Kier molecular flexibility index (Phi) is 6.63. The lowest BCUT2D eigenvalue weighted by Crippen LogP contribution is -2.14. The van der Waals surface area contributed by atoms with E-state index in [1.165, 1.54) is 18.2 Å². The van der Waals surface area contributed by atoms with Crippen molar-refractivity contribution in [3.05, 3.63) is 64.5 Å². The number of thioether (sulfide) groups is 1. The monoisotopic (exact) mass is 416 g/mol. The fourth-order valence-electron chi connectivity index (χ4n) is 2.19. The number of nitrogens with zero attached hydrogens (tertiary/aromatic N) is 3. The van der Waals surface area contributed by atoms with E-state index >= 15 is 0 Å². The number of hydrogen-bond acceptors (Lipinski definition) is 9. The van der Waals surface area contributed by atoms with Gasteiger partial charge in [0.25, 0.3) is 16.8 Å². The molecular formula is C18H16N4O6S. The van der Waals surface area contributed by atoms with E-state index in [4.69, 9.17) is 13.9 Å². The average Bonchev–Trinajstić information content (AvgIpc) is 3.19. The number of nitrogens with one attached hydrogen (secondary N) is 1. The van der Waals surface area contributed by atoms with Gasteiger partial charge in [0.2, 0.25) is 5.91 Å². The summed E-state index contributed by atoms with van der Waals surface area (Å²) in [6, 6.07) is 12.7. The largest absolute Gasteiger partial charge is 0.497 e. The minimum absolute atomic E-state index is 0.00363. The number of aromatic nitrogens is 2. The maximum Gasteiger partial charge on any atom is 0.277 e. The molecule has 11 heteroatoms. The molecular weight excluding hydrogens is 400 g/mol. The number of carbonyl (C=O) groups is 1. The van der Waals surface area contributed by atoms with Crippen molar-refractivity contribution in [1.82, 2.24) is 10.2 Å². The van der Waals surface area contributed by atoms with Crippen LogP contribution in [0.15, 0.2) is 58.2 Å². The van der Waals surface area contributed by atoms with Gasteiger partial charge in [-0.05, 0) is 30.3 Å². The second-order valence-electron chi connectivity index (χ2n) is 5.57. The molecule has 1 aromatic heterocycles. The summed E-state index contributed by atoms with van der Waals surface area (Å²) in [4.78, 5) is 22.3. The summed E-state index contributed by atoms with van der Waals surface area (Å²) in [7, 11) is 1.58. The molecule has 0 aliphatic heterocycles. The summed E-state index contributed by atoms with van der Waals surface area (Å²) in [6.45, 7) is 0.0831. The zero-order valence-electron chi connectivity index (χ0n) is 15.2. The molecule has 0 radical (unpaired) electrons. The van der Waals surface area contributed by atoms with Gasteiger partial charge in [-0.25, -0.2) is 0 Å². The average molecular weight is 416 g/mol. The molecule has 1 amide bonds. The van der Waals surface area contributed by atoms with Crippen LogP contribution in [0.1, 0.15) is 5.89 Å². The molecule has 10 nitrogen and oxygen atoms in total. The van der Waals surface area contributed by atoms with Gasteiger partial charge in [-0.1, -0.05) is 17.8 Å². The number of hydrogen-bond donors (Lipinski definition) is 1. The van der Waals surface area contributed by atoms with E-state index in [0.29, 0.717) is 11.4 Å². The van der Waals surface area contributed by atoms with Crippen LogP contribution >= 0.6 is 11.8 Å². The van der Waals surface area contributed by atoms with E-state index < -0.39 is 4.92 Å². The molecule has 0 aliphatic rings. The highest BCUT2D eigenvalue weighted by Gasteiger charge is 2.12. The van der Waals surface area contributed by atoms with Crippen LogP contribution in [0.4, 0.5) is 11.4 Å². The third-order valence-electron chi connectivity index (χ3n) is 3.54. The summed E-state index contributed by atoms with van der Waals surface area (Å²) < 4.78 is 16.0. The highest BCUT2D eigenvalue weighted by molar-refractivity contribution is 7.99. The minimum Gasteiger partial charge on any atom is -0.497 e. The number of nitro groups is 1. The van der Waals surface area contributed by atoms with Gasteiger partial charge in [-0.15, -0.1) is 10.2 Å². The number of benzene rings is 2. The van der Waals surface area contributed by atoms with Crippen LogP contribution in [0, 0.1) is 10.1 Å². The quantitative estimate of drug-likeness (QED) is 0.317. The molecule has 0 saturated carbocycles. The van der Waals surface area contributed by atoms with Crippen LogP contribution < -0.4 is 14.8 Å². The van der Waals surface area contributed by atoms with Gasteiger partial charge in [-0.3, -0.25) is 14.9 Å². The molecule has 0 bridgehead atoms. The molecule has 0 spiro atoms. The Balaban J connectivity index is 1.46. The lowest BCUT2D eigenvalue weighted by Gasteiger charge is -2.04. The van der Waals surface area contributed by atoms with Gasteiger partial charge >= 0.3 is 0 Å². The van der Waals surface area contributed by atoms with Crippen molar-refractivity contribution >= 4 is 29.0 Å². The first-order chi connectivity index (χ1) is 14.0. The normalized spacial score (nSPS) is 10.4. The van der Waals surface area contributed by atoms with E-state index in [1.807, 2.05) is 0 Å². The molecule has 3 aromatic rings. The molecule has 150 valence electrons. The molecule has 2 aromatic carbocycles. The molecule has 0 atom stereocenters. The Morgan fingerprint density at radius 1 is 1.21 bits per heavy atom. The molecule has 3 rings (SSSR count). The van der Waals surface area contributed by atoms with Crippen molar-refractivity contribution in [2.75, 3.05) is 18.2 Å². The maximum atomic E-state index is 12.0. The third-order valence-corrected chi connectivity index (χ3v) is 4.36. The van der Waals surface area contributed by atoms with Gasteiger partial charge in [0, 0.05) is 17.8 Å². The second kappa shape index (κ2) is 9.55. The Hall–Kier alpha value is -3.60. The van der Waals surface area contributed by atoms with E-state index in [0.717, 1.165) is 17.5 Å². The summed E-state index contributed by atoms with van der Waals surface area (Å²) in [5.41, 5.74) is 0.234. The summed E-state index contributed by atoms with van der Waals surface area (Å²) in [5.74, 6) is 1.25. The molecule has 0 aliphatic carbocycles. The first-order valence-electron chi connectivity index (χ1n) is 8.30. The molecule has 29 heavy (non-hydrogen) atoms. The topological polar surface area (TPSA) is 130 Å². The third kappa shape index (κ3) is 5.94. The predicted octanol–water partition coefficient (Wildman–Crippen LogP) is 3.30. The lowest BCUT2D eigenvalue weighted by atomic mass is 10.3. The minimum atomic E-state index is -0.529. The van der Waals surface area contributed by atoms with Gasteiger partial charge in [0.05, 0.1) is 17.8 Å². The van der Waals surface area contributed by atoms with Crippen LogP contribution in [-0.4, -0.2) is 33.9 Å². The number of amides is 1. The Bertz CT molecular complexity index is 992. The lowest BCUT2D eigenvalue weighted by molar-refractivity contribution is -0.384.